The highest BCUT2D eigenvalue weighted by atomic mass is 79.9. The number of fused-ring (bicyclic) bond motifs is 1. The number of aliphatic imine (C=N–C) groups is 1. The van der Waals surface area contributed by atoms with Crippen LogP contribution in [0.5, 0.6) is 0 Å². The van der Waals surface area contributed by atoms with Gasteiger partial charge in [-0.1, -0.05) is 39.4 Å². The van der Waals surface area contributed by atoms with E-state index in [4.69, 9.17) is 0 Å². The number of nitrogens with zero attached hydrogens (tertiary/aromatic N) is 2. The lowest BCUT2D eigenvalue weighted by Gasteiger charge is -2.06. The maximum absolute atomic E-state index is 4.59. The van der Waals surface area contributed by atoms with E-state index in [1.54, 1.807) is 11.3 Å². The second kappa shape index (κ2) is 5.33. The second-order valence-electron chi connectivity index (χ2n) is 4.38. The molecule has 1 aliphatic rings. The van der Waals surface area contributed by atoms with E-state index in [1.165, 1.54) is 29.8 Å². The second-order valence-corrected chi connectivity index (χ2v) is 6.36. The minimum absolute atomic E-state index is 0.893. The first-order valence-electron chi connectivity index (χ1n) is 6.09. The number of benzene rings is 1. The smallest absolute Gasteiger partial charge is 0.209 e. The summed E-state index contributed by atoms with van der Waals surface area (Å²) >= 11 is 5.16. The maximum Gasteiger partial charge on any atom is 0.209 e. The van der Waals surface area contributed by atoms with Gasteiger partial charge in [-0.15, -0.1) is 0 Å². The van der Waals surface area contributed by atoms with Crippen LogP contribution in [0.2, 0.25) is 0 Å². The molecule has 0 radical (unpaired) electrons. The largest absolute Gasteiger partial charge is 0.227 e. The molecule has 92 valence electrons. The summed E-state index contributed by atoms with van der Waals surface area (Å²) in [6.45, 7) is 0. The molecule has 4 heteroatoms. The minimum Gasteiger partial charge on any atom is -0.227 e. The van der Waals surface area contributed by atoms with Crippen LogP contribution in [-0.4, -0.2) is 11.2 Å². The highest BCUT2D eigenvalue weighted by molar-refractivity contribution is 9.10. The normalized spacial score (nSPS) is 14.9. The molecule has 18 heavy (non-hydrogen) atoms. The lowest BCUT2D eigenvalue weighted by atomic mass is 10.0. The average Bonchev–Trinajstić information content (AvgIpc) is 2.81. The van der Waals surface area contributed by atoms with E-state index in [2.05, 4.69) is 25.9 Å². The van der Waals surface area contributed by atoms with Crippen LogP contribution >= 0.6 is 27.3 Å². The zero-order chi connectivity index (χ0) is 12.4. The van der Waals surface area contributed by atoms with Crippen molar-refractivity contribution in [2.45, 2.75) is 25.7 Å². The van der Waals surface area contributed by atoms with Crippen LogP contribution in [0.4, 0.5) is 5.13 Å². The summed E-state index contributed by atoms with van der Waals surface area (Å²) in [4.78, 5) is 10.5. The third-order valence-corrected chi connectivity index (χ3v) is 4.62. The minimum atomic E-state index is 0.893. The third kappa shape index (κ3) is 2.70. The predicted molar refractivity (Wildman–Crippen MR) is 80.2 cm³/mol. The zero-order valence-electron chi connectivity index (χ0n) is 9.90. The van der Waals surface area contributed by atoms with Crippen molar-refractivity contribution < 1.29 is 0 Å². The molecule has 0 atom stereocenters. The number of hydrogen-bond acceptors (Lipinski definition) is 3. The molecule has 1 aromatic heterocycles. The Balaban J connectivity index is 1.79. The van der Waals surface area contributed by atoms with Gasteiger partial charge in [-0.2, -0.15) is 0 Å². The summed E-state index contributed by atoms with van der Waals surface area (Å²) < 4.78 is 1.09. The summed E-state index contributed by atoms with van der Waals surface area (Å²) in [6.07, 6.45) is 6.76. The highest BCUT2D eigenvalue weighted by Crippen LogP contribution is 2.31. The molecule has 0 N–H and O–H groups in total. The quantitative estimate of drug-likeness (QED) is 0.746. The molecule has 0 saturated carbocycles. The van der Waals surface area contributed by atoms with Gasteiger partial charge in [0.2, 0.25) is 5.13 Å². The lowest BCUT2D eigenvalue weighted by molar-refractivity contribution is 0.682. The average molecular weight is 321 g/mol. The fourth-order valence-corrected chi connectivity index (χ4v) is 3.33. The first-order valence-corrected chi connectivity index (χ1v) is 7.70. The number of rotatable bonds is 2. The molecular formula is C14H13BrN2S. The first-order chi connectivity index (χ1) is 8.81. The van der Waals surface area contributed by atoms with Crippen molar-refractivity contribution in [1.82, 2.24) is 4.98 Å². The molecule has 0 spiro atoms. The fourth-order valence-electron chi connectivity index (χ4n) is 2.07. The first kappa shape index (κ1) is 12.1. The Labute approximate surface area is 119 Å². The van der Waals surface area contributed by atoms with Crippen molar-refractivity contribution in [3.63, 3.8) is 0 Å². The molecule has 0 fully saturated rings. The summed E-state index contributed by atoms with van der Waals surface area (Å²) in [7, 11) is 0. The van der Waals surface area contributed by atoms with E-state index >= 15 is 0 Å². The van der Waals surface area contributed by atoms with E-state index < -0.39 is 0 Å². The third-order valence-electron chi connectivity index (χ3n) is 3.03. The molecule has 0 bridgehead atoms. The predicted octanol–water partition coefficient (Wildman–Crippen LogP) is 4.54. The van der Waals surface area contributed by atoms with Crippen LogP contribution in [0.1, 0.15) is 29.0 Å². The van der Waals surface area contributed by atoms with Gasteiger partial charge in [0.1, 0.15) is 0 Å². The highest BCUT2D eigenvalue weighted by Gasteiger charge is 2.14. The fraction of sp³-hybridized carbons (Fsp3) is 0.286. The van der Waals surface area contributed by atoms with Gasteiger partial charge in [-0.05, 0) is 43.4 Å². The van der Waals surface area contributed by atoms with Gasteiger partial charge in [0.25, 0.3) is 0 Å². The topological polar surface area (TPSA) is 25.2 Å². The Kier molecular flexibility index (Phi) is 3.57. The van der Waals surface area contributed by atoms with Crippen molar-refractivity contribution >= 4 is 38.6 Å². The van der Waals surface area contributed by atoms with Gasteiger partial charge in [0.15, 0.2) is 0 Å². The standard InChI is InChI=1S/C14H13BrN2S/c15-11-7-5-10(6-8-11)9-16-14-17-12-3-1-2-4-13(12)18-14/h5-9H,1-4H2/b16-9+. The monoisotopic (exact) mass is 320 g/mol. The number of aryl methyl sites for hydroxylation is 2. The van der Waals surface area contributed by atoms with Crippen LogP contribution < -0.4 is 0 Å². The Morgan fingerprint density at radius 3 is 2.72 bits per heavy atom. The van der Waals surface area contributed by atoms with Crippen molar-refractivity contribution in [3.8, 4) is 0 Å². The van der Waals surface area contributed by atoms with Gasteiger partial charge >= 0.3 is 0 Å². The van der Waals surface area contributed by atoms with E-state index in [9.17, 15) is 0 Å². The summed E-state index contributed by atoms with van der Waals surface area (Å²) in [5, 5.41) is 0.893. The van der Waals surface area contributed by atoms with Crippen LogP contribution in [0.25, 0.3) is 0 Å². The van der Waals surface area contributed by atoms with Crippen molar-refractivity contribution in [2.75, 3.05) is 0 Å². The molecule has 1 aromatic carbocycles. The van der Waals surface area contributed by atoms with E-state index in [0.717, 1.165) is 21.6 Å². The van der Waals surface area contributed by atoms with Crippen LogP contribution in [0, 0.1) is 0 Å². The Bertz CT molecular complexity index is 548. The molecule has 0 aliphatic heterocycles. The van der Waals surface area contributed by atoms with E-state index in [0.29, 0.717) is 0 Å². The van der Waals surface area contributed by atoms with Crippen LogP contribution in [0.3, 0.4) is 0 Å². The van der Waals surface area contributed by atoms with Gasteiger partial charge in [-0.25, -0.2) is 9.98 Å². The van der Waals surface area contributed by atoms with Crippen molar-refractivity contribution in [2.24, 2.45) is 4.99 Å². The number of thiazole rings is 1. The lowest BCUT2D eigenvalue weighted by Crippen LogP contribution is -1.98. The van der Waals surface area contributed by atoms with E-state index in [-0.39, 0.29) is 0 Å². The number of aromatic nitrogens is 1. The van der Waals surface area contributed by atoms with Crippen molar-refractivity contribution in [1.29, 1.82) is 0 Å². The molecule has 1 heterocycles. The Morgan fingerprint density at radius 2 is 1.94 bits per heavy atom. The van der Waals surface area contributed by atoms with Crippen LogP contribution in [-0.2, 0) is 12.8 Å². The SMILES string of the molecule is Brc1ccc(/C=N/c2nc3c(s2)CCCC3)cc1. The van der Waals surface area contributed by atoms with Gasteiger partial charge < -0.3 is 0 Å². The molecule has 1 aliphatic carbocycles. The molecule has 2 aromatic rings. The molecule has 2 nitrogen and oxygen atoms in total. The van der Waals surface area contributed by atoms with Crippen LogP contribution in [0.15, 0.2) is 33.7 Å². The number of halogens is 1. The van der Waals surface area contributed by atoms with E-state index in [1.807, 2.05) is 30.5 Å². The molecule has 0 unspecified atom stereocenters. The summed E-state index contributed by atoms with van der Waals surface area (Å²) in [5.74, 6) is 0. The molecule has 0 amide bonds. The Morgan fingerprint density at radius 1 is 1.17 bits per heavy atom. The summed E-state index contributed by atoms with van der Waals surface area (Å²) in [6, 6.07) is 8.13. The zero-order valence-corrected chi connectivity index (χ0v) is 12.3. The molecule has 0 saturated heterocycles. The Hall–Kier alpha value is -1.00. The molecule has 3 rings (SSSR count). The molecular weight excluding hydrogens is 308 g/mol. The van der Waals surface area contributed by atoms with Gasteiger partial charge in [0, 0.05) is 15.6 Å². The maximum atomic E-state index is 4.59. The summed E-state index contributed by atoms with van der Waals surface area (Å²) in [5.41, 5.74) is 2.38. The van der Waals surface area contributed by atoms with Gasteiger partial charge in [0.05, 0.1) is 5.69 Å². The van der Waals surface area contributed by atoms with Gasteiger partial charge in [-0.3, -0.25) is 0 Å². The van der Waals surface area contributed by atoms with Crippen molar-refractivity contribution in [3.05, 3.63) is 44.9 Å². The number of hydrogen-bond donors (Lipinski definition) is 0.